The largest absolute Gasteiger partial charge is 0.378 e. The van der Waals surface area contributed by atoms with Crippen LogP contribution in [-0.2, 0) is 11.3 Å². The van der Waals surface area contributed by atoms with Gasteiger partial charge in [0.05, 0.1) is 12.3 Å². The predicted octanol–water partition coefficient (Wildman–Crippen LogP) is 4.13. The molecule has 0 amide bonds. The fraction of sp³-hybridized carbons (Fsp3) is 0.765. The number of anilines is 1. The van der Waals surface area contributed by atoms with Crippen LogP contribution in [0.1, 0.15) is 69.8 Å². The molecular weight excluding hydrogens is 262 g/mol. The zero-order valence-electron chi connectivity index (χ0n) is 13.7. The third-order valence-electron chi connectivity index (χ3n) is 4.43. The lowest BCUT2D eigenvalue weighted by Crippen LogP contribution is -2.16. The van der Waals surface area contributed by atoms with Crippen molar-refractivity contribution in [3.05, 3.63) is 17.6 Å². The van der Waals surface area contributed by atoms with E-state index in [4.69, 9.17) is 14.7 Å². The van der Waals surface area contributed by atoms with Crippen molar-refractivity contribution in [3.63, 3.8) is 0 Å². The Hall–Kier alpha value is -1.16. The van der Waals surface area contributed by atoms with Crippen LogP contribution in [0.3, 0.4) is 0 Å². The highest BCUT2D eigenvalue weighted by atomic mass is 16.5. The highest BCUT2D eigenvalue weighted by molar-refractivity contribution is 5.36. The molecule has 1 saturated carbocycles. The zero-order chi connectivity index (χ0) is 15.1. The molecule has 1 fully saturated rings. The van der Waals surface area contributed by atoms with E-state index in [0.717, 1.165) is 36.2 Å². The molecule has 0 aliphatic heterocycles. The van der Waals surface area contributed by atoms with Crippen LogP contribution in [0.15, 0.2) is 6.07 Å². The first-order chi connectivity index (χ1) is 10.3. The van der Waals surface area contributed by atoms with Gasteiger partial charge in [0.1, 0.15) is 11.6 Å². The first-order valence-electron chi connectivity index (χ1n) is 8.37. The van der Waals surface area contributed by atoms with E-state index in [2.05, 4.69) is 19.2 Å². The van der Waals surface area contributed by atoms with Crippen LogP contribution >= 0.6 is 0 Å². The molecule has 1 aliphatic rings. The fourth-order valence-electron chi connectivity index (χ4n) is 3.09. The van der Waals surface area contributed by atoms with Crippen LogP contribution in [0.4, 0.5) is 5.82 Å². The molecule has 0 unspecified atom stereocenters. The summed E-state index contributed by atoms with van der Waals surface area (Å²) in [6, 6.07) is 2.01. The van der Waals surface area contributed by atoms with E-state index in [1.807, 2.05) is 6.07 Å². The minimum absolute atomic E-state index is 0.520. The van der Waals surface area contributed by atoms with Gasteiger partial charge in [-0.25, -0.2) is 9.97 Å². The van der Waals surface area contributed by atoms with E-state index >= 15 is 0 Å². The van der Waals surface area contributed by atoms with Crippen LogP contribution in [0, 0.1) is 5.92 Å². The van der Waals surface area contributed by atoms with Gasteiger partial charge in [-0.2, -0.15) is 0 Å². The molecule has 0 saturated heterocycles. The average molecular weight is 291 g/mol. The smallest absolute Gasteiger partial charge is 0.134 e. The van der Waals surface area contributed by atoms with E-state index in [-0.39, 0.29) is 0 Å². The van der Waals surface area contributed by atoms with Crippen LogP contribution in [0.5, 0.6) is 0 Å². The van der Waals surface area contributed by atoms with Crippen LogP contribution in [-0.4, -0.2) is 23.6 Å². The summed E-state index contributed by atoms with van der Waals surface area (Å²) in [6.45, 7) is 5.97. The van der Waals surface area contributed by atoms with Crippen molar-refractivity contribution in [1.29, 1.82) is 0 Å². The first-order valence-corrected chi connectivity index (χ1v) is 8.37. The maximum atomic E-state index is 5.25. The quantitative estimate of drug-likeness (QED) is 0.820. The monoisotopic (exact) mass is 291 g/mol. The molecule has 1 heterocycles. The van der Waals surface area contributed by atoms with Gasteiger partial charge in [0.25, 0.3) is 0 Å². The Morgan fingerprint density at radius 1 is 1.19 bits per heavy atom. The molecule has 0 radical (unpaired) electrons. The zero-order valence-corrected chi connectivity index (χ0v) is 13.7. The first kappa shape index (κ1) is 16.2. The topological polar surface area (TPSA) is 47.0 Å². The van der Waals surface area contributed by atoms with E-state index in [0.29, 0.717) is 12.5 Å². The maximum absolute atomic E-state index is 5.25. The van der Waals surface area contributed by atoms with Gasteiger partial charge in [-0.15, -0.1) is 0 Å². The summed E-state index contributed by atoms with van der Waals surface area (Å²) in [5.41, 5.74) is 0.985. The van der Waals surface area contributed by atoms with Gasteiger partial charge in [-0.1, -0.05) is 20.3 Å². The van der Waals surface area contributed by atoms with Crippen molar-refractivity contribution in [2.45, 2.75) is 64.9 Å². The van der Waals surface area contributed by atoms with Gasteiger partial charge in [0.15, 0.2) is 0 Å². The summed E-state index contributed by atoms with van der Waals surface area (Å²) < 4.78 is 5.25. The van der Waals surface area contributed by atoms with E-state index in [9.17, 15) is 0 Å². The summed E-state index contributed by atoms with van der Waals surface area (Å²) in [4.78, 5) is 9.48. The summed E-state index contributed by atoms with van der Waals surface area (Å²) in [5, 5.41) is 3.39. The molecule has 0 bridgehead atoms. The van der Waals surface area contributed by atoms with E-state index < -0.39 is 0 Å². The van der Waals surface area contributed by atoms with E-state index in [1.165, 1.54) is 32.1 Å². The van der Waals surface area contributed by atoms with Gasteiger partial charge < -0.3 is 10.1 Å². The van der Waals surface area contributed by atoms with Crippen molar-refractivity contribution in [2.75, 3.05) is 19.0 Å². The molecule has 1 aromatic heterocycles. The van der Waals surface area contributed by atoms with Gasteiger partial charge in [-0.3, -0.25) is 0 Å². The van der Waals surface area contributed by atoms with Crippen LogP contribution < -0.4 is 5.32 Å². The standard InChI is InChI=1S/C17H29N3O/c1-4-10-18-16-11-15(12-21-3)19-17(20-16)14-8-6-13(5-2)7-9-14/h11,13-14H,4-10,12H2,1-3H3,(H,18,19,20). The molecule has 0 spiro atoms. The summed E-state index contributed by atoms with van der Waals surface area (Å²) in [7, 11) is 1.72. The molecule has 2 rings (SSSR count). The second kappa shape index (κ2) is 8.32. The minimum atomic E-state index is 0.520. The number of aromatic nitrogens is 2. The molecule has 21 heavy (non-hydrogen) atoms. The van der Waals surface area contributed by atoms with Crippen molar-refractivity contribution in [2.24, 2.45) is 5.92 Å². The molecule has 118 valence electrons. The number of ether oxygens (including phenoxy) is 1. The second-order valence-electron chi connectivity index (χ2n) is 6.09. The third kappa shape index (κ3) is 4.67. The van der Waals surface area contributed by atoms with Crippen LogP contribution in [0.25, 0.3) is 0 Å². The predicted molar refractivity (Wildman–Crippen MR) is 86.5 cm³/mol. The van der Waals surface area contributed by atoms with Crippen LogP contribution in [0.2, 0.25) is 0 Å². The molecule has 1 N–H and O–H groups in total. The molecule has 4 nitrogen and oxygen atoms in total. The van der Waals surface area contributed by atoms with Crippen molar-refractivity contribution >= 4 is 5.82 Å². The Kier molecular flexibility index (Phi) is 6.43. The Morgan fingerprint density at radius 2 is 1.95 bits per heavy atom. The molecule has 0 aromatic carbocycles. The summed E-state index contributed by atoms with van der Waals surface area (Å²) in [5.74, 6) is 3.39. The van der Waals surface area contributed by atoms with Gasteiger partial charge in [0.2, 0.25) is 0 Å². The lowest BCUT2D eigenvalue weighted by atomic mass is 9.80. The van der Waals surface area contributed by atoms with Crippen molar-refractivity contribution in [1.82, 2.24) is 9.97 Å². The average Bonchev–Trinajstić information content (AvgIpc) is 2.53. The maximum Gasteiger partial charge on any atom is 0.134 e. The molecule has 1 aliphatic carbocycles. The number of hydrogen-bond acceptors (Lipinski definition) is 4. The number of methoxy groups -OCH3 is 1. The highest BCUT2D eigenvalue weighted by Gasteiger charge is 2.24. The lowest BCUT2D eigenvalue weighted by Gasteiger charge is -2.27. The molecular formula is C17H29N3O. The number of nitrogens with one attached hydrogen (secondary N) is 1. The van der Waals surface area contributed by atoms with Gasteiger partial charge in [0, 0.05) is 25.6 Å². The normalized spacial score (nSPS) is 22.2. The SMILES string of the molecule is CCCNc1cc(COC)nc(C2CCC(CC)CC2)n1. The van der Waals surface area contributed by atoms with Crippen molar-refractivity contribution < 1.29 is 4.74 Å². The Labute approximate surface area is 128 Å². The van der Waals surface area contributed by atoms with Crippen molar-refractivity contribution in [3.8, 4) is 0 Å². The summed E-state index contributed by atoms with van der Waals surface area (Å²) >= 11 is 0. The number of nitrogens with zero attached hydrogens (tertiary/aromatic N) is 2. The third-order valence-corrected chi connectivity index (χ3v) is 4.43. The van der Waals surface area contributed by atoms with Gasteiger partial charge in [-0.05, 0) is 38.0 Å². The Morgan fingerprint density at radius 3 is 2.57 bits per heavy atom. The number of hydrogen-bond donors (Lipinski definition) is 1. The Balaban J connectivity index is 2.11. The van der Waals surface area contributed by atoms with Gasteiger partial charge >= 0.3 is 0 Å². The molecule has 0 atom stereocenters. The Bertz CT molecular complexity index is 428. The summed E-state index contributed by atoms with van der Waals surface area (Å²) in [6.07, 6.45) is 7.49. The molecule has 4 heteroatoms. The number of rotatable bonds is 7. The molecule has 1 aromatic rings. The minimum Gasteiger partial charge on any atom is -0.378 e. The highest BCUT2D eigenvalue weighted by Crippen LogP contribution is 2.35. The second-order valence-corrected chi connectivity index (χ2v) is 6.09. The fourth-order valence-corrected chi connectivity index (χ4v) is 3.09. The van der Waals surface area contributed by atoms with E-state index in [1.54, 1.807) is 7.11 Å². The lowest BCUT2D eigenvalue weighted by molar-refractivity contribution is 0.181.